The third kappa shape index (κ3) is 3.14. The molecular formula is C24H23N3S. The van der Waals surface area contributed by atoms with Crippen LogP contribution in [0.3, 0.4) is 0 Å². The first-order valence-electron chi connectivity index (χ1n) is 9.34. The number of para-hydroxylation sites is 1. The molecule has 1 heterocycles. The van der Waals surface area contributed by atoms with Crippen LogP contribution in [-0.2, 0) is 5.54 Å². The van der Waals surface area contributed by atoms with Gasteiger partial charge in [-0.25, -0.2) is 4.99 Å². The fourth-order valence-corrected chi connectivity index (χ4v) is 4.69. The van der Waals surface area contributed by atoms with Gasteiger partial charge in [-0.1, -0.05) is 78.9 Å². The second kappa shape index (κ2) is 7.64. The highest BCUT2D eigenvalue weighted by Gasteiger charge is 2.46. The number of hydrogen-bond acceptors (Lipinski definition) is 3. The van der Waals surface area contributed by atoms with Crippen molar-refractivity contribution in [2.75, 3.05) is 7.05 Å². The summed E-state index contributed by atoms with van der Waals surface area (Å²) in [6.07, 6.45) is 0. The number of aryl methyl sites for hydroxylation is 2. The zero-order chi connectivity index (χ0) is 19.6. The average molecular weight is 386 g/mol. The SMILES string of the molecule is CN=C1NC(c2ccccc2)(c2ccccc2)C(=Nc2c(C)cccc2C)S1. The molecular weight excluding hydrogens is 362 g/mol. The average Bonchev–Trinajstić information content (AvgIpc) is 3.12. The van der Waals surface area contributed by atoms with Crippen LogP contribution in [0.15, 0.2) is 88.8 Å². The fourth-order valence-electron chi connectivity index (χ4n) is 3.63. The Morgan fingerprint density at radius 3 is 1.79 bits per heavy atom. The lowest BCUT2D eigenvalue weighted by Gasteiger charge is -2.31. The van der Waals surface area contributed by atoms with Gasteiger partial charge in [0.1, 0.15) is 10.6 Å². The molecule has 1 aliphatic rings. The van der Waals surface area contributed by atoms with Crippen molar-refractivity contribution < 1.29 is 0 Å². The summed E-state index contributed by atoms with van der Waals surface area (Å²) in [5.41, 5.74) is 5.11. The summed E-state index contributed by atoms with van der Waals surface area (Å²) in [5, 5.41) is 5.54. The van der Waals surface area contributed by atoms with Gasteiger partial charge in [-0.2, -0.15) is 0 Å². The second-order valence-corrected chi connectivity index (χ2v) is 7.87. The van der Waals surface area contributed by atoms with E-state index in [9.17, 15) is 0 Å². The van der Waals surface area contributed by atoms with Crippen molar-refractivity contribution in [3.63, 3.8) is 0 Å². The fraction of sp³-hybridized carbons (Fsp3) is 0.167. The van der Waals surface area contributed by atoms with Crippen molar-refractivity contribution in [3.8, 4) is 0 Å². The molecule has 3 aromatic carbocycles. The lowest BCUT2D eigenvalue weighted by Crippen LogP contribution is -2.44. The minimum Gasteiger partial charge on any atom is -0.345 e. The van der Waals surface area contributed by atoms with Crippen LogP contribution in [0.4, 0.5) is 5.69 Å². The monoisotopic (exact) mass is 385 g/mol. The maximum absolute atomic E-state index is 5.20. The highest BCUT2D eigenvalue weighted by molar-refractivity contribution is 8.27. The molecule has 0 unspecified atom stereocenters. The Bertz CT molecular complexity index is 980. The molecule has 1 fully saturated rings. The topological polar surface area (TPSA) is 36.8 Å². The summed E-state index contributed by atoms with van der Waals surface area (Å²) in [6.45, 7) is 4.22. The van der Waals surface area contributed by atoms with Crippen LogP contribution in [-0.4, -0.2) is 17.3 Å². The first kappa shape index (κ1) is 18.5. The van der Waals surface area contributed by atoms with Crippen LogP contribution < -0.4 is 5.32 Å². The van der Waals surface area contributed by atoms with Crippen LogP contribution in [0.25, 0.3) is 0 Å². The molecule has 1 N–H and O–H groups in total. The molecule has 0 bridgehead atoms. The third-order valence-corrected chi connectivity index (χ3v) is 6.15. The quantitative estimate of drug-likeness (QED) is 0.637. The summed E-state index contributed by atoms with van der Waals surface area (Å²) >= 11 is 1.61. The number of hydrogen-bond donors (Lipinski definition) is 1. The van der Waals surface area contributed by atoms with Gasteiger partial charge < -0.3 is 5.32 Å². The van der Waals surface area contributed by atoms with Crippen molar-refractivity contribution in [1.29, 1.82) is 0 Å². The zero-order valence-electron chi connectivity index (χ0n) is 16.3. The molecule has 28 heavy (non-hydrogen) atoms. The van der Waals surface area contributed by atoms with Crippen LogP contribution in [0, 0.1) is 13.8 Å². The summed E-state index contributed by atoms with van der Waals surface area (Å²) in [7, 11) is 1.82. The van der Waals surface area contributed by atoms with Gasteiger partial charge in [-0.3, -0.25) is 4.99 Å². The number of thioether (sulfide) groups is 1. The van der Waals surface area contributed by atoms with E-state index in [1.165, 1.54) is 11.1 Å². The van der Waals surface area contributed by atoms with Crippen LogP contribution >= 0.6 is 11.8 Å². The van der Waals surface area contributed by atoms with Gasteiger partial charge >= 0.3 is 0 Å². The van der Waals surface area contributed by atoms with Crippen LogP contribution in [0.5, 0.6) is 0 Å². The predicted molar refractivity (Wildman–Crippen MR) is 121 cm³/mol. The molecule has 1 aliphatic heterocycles. The molecule has 0 radical (unpaired) electrons. The van der Waals surface area contributed by atoms with E-state index in [0.717, 1.165) is 27.0 Å². The lowest BCUT2D eigenvalue weighted by molar-refractivity contribution is 0.660. The van der Waals surface area contributed by atoms with Gasteiger partial charge in [0.05, 0.1) is 5.69 Å². The Balaban J connectivity index is 2.01. The van der Waals surface area contributed by atoms with E-state index < -0.39 is 5.54 Å². The molecule has 0 aromatic heterocycles. The third-order valence-electron chi connectivity index (χ3n) is 5.08. The molecule has 1 saturated heterocycles. The molecule has 4 rings (SSSR count). The smallest absolute Gasteiger partial charge is 0.163 e. The van der Waals surface area contributed by atoms with Crippen molar-refractivity contribution in [2.45, 2.75) is 19.4 Å². The maximum Gasteiger partial charge on any atom is 0.163 e. The van der Waals surface area contributed by atoms with Gasteiger partial charge in [-0.05, 0) is 47.9 Å². The lowest BCUT2D eigenvalue weighted by atomic mass is 9.83. The van der Waals surface area contributed by atoms with Crippen LogP contribution in [0.2, 0.25) is 0 Å². The molecule has 140 valence electrons. The minimum atomic E-state index is -0.559. The Morgan fingerprint density at radius 2 is 1.29 bits per heavy atom. The van der Waals surface area contributed by atoms with Gasteiger partial charge in [0.25, 0.3) is 0 Å². The highest BCUT2D eigenvalue weighted by atomic mass is 32.2. The first-order chi connectivity index (χ1) is 13.6. The van der Waals surface area contributed by atoms with E-state index in [0.29, 0.717) is 0 Å². The molecule has 4 heteroatoms. The van der Waals surface area contributed by atoms with Gasteiger partial charge in [-0.15, -0.1) is 0 Å². The summed E-state index contributed by atoms with van der Waals surface area (Å²) < 4.78 is 0. The van der Waals surface area contributed by atoms with Gasteiger partial charge in [0.15, 0.2) is 5.17 Å². The highest BCUT2D eigenvalue weighted by Crippen LogP contribution is 2.42. The number of nitrogens with one attached hydrogen (secondary N) is 1. The second-order valence-electron chi connectivity index (χ2n) is 6.90. The van der Waals surface area contributed by atoms with E-state index in [2.05, 4.69) is 90.9 Å². The predicted octanol–water partition coefficient (Wildman–Crippen LogP) is 5.60. The number of nitrogens with zero attached hydrogens (tertiary/aromatic N) is 2. The molecule has 0 amide bonds. The number of aliphatic imine (C=N–C) groups is 2. The van der Waals surface area contributed by atoms with E-state index in [1.807, 2.05) is 19.2 Å². The Kier molecular flexibility index (Phi) is 5.05. The van der Waals surface area contributed by atoms with Gasteiger partial charge in [0, 0.05) is 7.05 Å². The largest absolute Gasteiger partial charge is 0.345 e. The normalized spacial score (nSPS) is 18.4. The summed E-state index contributed by atoms with van der Waals surface area (Å²) in [5.74, 6) is 0. The molecule has 3 aromatic rings. The minimum absolute atomic E-state index is 0.559. The van der Waals surface area contributed by atoms with E-state index in [4.69, 9.17) is 4.99 Å². The first-order valence-corrected chi connectivity index (χ1v) is 10.2. The van der Waals surface area contributed by atoms with Crippen molar-refractivity contribution in [3.05, 3.63) is 101 Å². The number of benzene rings is 3. The Hall–Kier alpha value is -2.85. The Morgan fingerprint density at radius 1 is 0.750 bits per heavy atom. The molecule has 0 atom stereocenters. The molecule has 0 saturated carbocycles. The summed E-state index contributed by atoms with van der Waals surface area (Å²) in [6, 6.07) is 27.3. The standard InChI is InChI=1S/C24H23N3S/c1-17-11-10-12-18(2)21(17)26-22-24(27-23(25-3)28-22,19-13-6-4-7-14-19)20-15-8-5-9-16-20/h4-16H,1-3H3,(H,25,27). The maximum atomic E-state index is 5.20. The molecule has 0 aliphatic carbocycles. The van der Waals surface area contributed by atoms with Crippen molar-refractivity contribution in [2.24, 2.45) is 9.98 Å². The van der Waals surface area contributed by atoms with Crippen molar-refractivity contribution >= 4 is 27.7 Å². The Labute approximate surface area is 170 Å². The van der Waals surface area contributed by atoms with E-state index in [1.54, 1.807) is 11.8 Å². The number of amidine groups is 1. The zero-order valence-corrected chi connectivity index (χ0v) is 17.1. The van der Waals surface area contributed by atoms with Crippen LogP contribution in [0.1, 0.15) is 22.3 Å². The van der Waals surface area contributed by atoms with E-state index >= 15 is 0 Å². The summed E-state index contributed by atoms with van der Waals surface area (Å²) in [4.78, 5) is 9.66. The van der Waals surface area contributed by atoms with Crippen molar-refractivity contribution in [1.82, 2.24) is 5.32 Å². The molecule has 0 spiro atoms. The van der Waals surface area contributed by atoms with Gasteiger partial charge in [0.2, 0.25) is 0 Å². The molecule has 3 nitrogen and oxygen atoms in total. The van der Waals surface area contributed by atoms with E-state index in [-0.39, 0.29) is 0 Å². The number of rotatable bonds is 3.